The van der Waals surface area contributed by atoms with Crippen molar-refractivity contribution < 1.29 is 15.4 Å². The molecule has 0 aliphatic carbocycles. The quantitative estimate of drug-likeness (QED) is 0.281. The van der Waals surface area contributed by atoms with Crippen molar-refractivity contribution in [3.05, 3.63) is 22.7 Å². The SMILES string of the molecule is C/C(=N\O)c1cc(O)c(Cl)cc1O. The molecule has 0 radical (unpaired) electrons. The highest BCUT2D eigenvalue weighted by Gasteiger charge is 2.09. The van der Waals surface area contributed by atoms with Crippen LogP contribution in [0.2, 0.25) is 5.02 Å². The maximum Gasteiger partial charge on any atom is 0.135 e. The summed E-state index contributed by atoms with van der Waals surface area (Å²) in [6.45, 7) is 1.49. The fraction of sp³-hybridized carbons (Fsp3) is 0.125. The molecule has 4 nitrogen and oxygen atoms in total. The molecule has 1 rings (SSSR count). The number of hydrogen-bond acceptors (Lipinski definition) is 4. The van der Waals surface area contributed by atoms with Crippen LogP contribution in [-0.2, 0) is 0 Å². The van der Waals surface area contributed by atoms with Crippen molar-refractivity contribution in [3.8, 4) is 11.5 Å². The lowest BCUT2D eigenvalue weighted by atomic mass is 10.1. The minimum absolute atomic E-state index is 0.0481. The van der Waals surface area contributed by atoms with Crippen LogP contribution in [-0.4, -0.2) is 21.1 Å². The molecule has 5 heteroatoms. The number of hydrogen-bond donors (Lipinski definition) is 3. The summed E-state index contributed by atoms with van der Waals surface area (Å²) in [5.41, 5.74) is 0.439. The van der Waals surface area contributed by atoms with Crippen LogP contribution < -0.4 is 0 Å². The van der Waals surface area contributed by atoms with E-state index in [0.29, 0.717) is 0 Å². The average molecular weight is 202 g/mol. The molecular formula is C8H8ClNO3. The summed E-state index contributed by atoms with van der Waals surface area (Å²) in [4.78, 5) is 0. The van der Waals surface area contributed by atoms with Gasteiger partial charge in [-0.1, -0.05) is 16.8 Å². The number of benzene rings is 1. The molecule has 0 aliphatic heterocycles. The molecular weight excluding hydrogens is 194 g/mol. The maximum absolute atomic E-state index is 9.33. The summed E-state index contributed by atoms with van der Waals surface area (Å²) in [7, 11) is 0. The van der Waals surface area contributed by atoms with Gasteiger partial charge < -0.3 is 15.4 Å². The Morgan fingerprint density at radius 1 is 1.31 bits per heavy atom. The van der Waals surface area contributed by atoms with Crippen LogP contribution in [0.1, 0.15) is 12.5 Å². The number of phenolic OH excluding ortho intramolecular Hbond substituents is 2. The minimum atomic E-state index is -0.169. The summed E-state index contributed by atoms with van der Waals surface area (Å²) in [5, 5.41) is 29.9. The smallest absolute Gasteiger partial charge is 0.135 e. The number of aromatic hydroxyl groups is 2. The summed E-state index contributed by atoms with van der Waals surface area (Å²) in [6, 6.07) is 2.41. The zero-order valence-corrected chi connectivity index (χ0v) is 7.58. The lowest BCUT2D eigenvalue weighted by molar-refractivity contribution is 0.318. The molecule has 0 amide bonds. The molecule has 0 aliphatic rings. The molecule has 0 unspecified atom stereocenters. The molecule has 0 bridgehead atoms. The van der Waals surface area contributed by atoms with E-state index in [-0.39, 0.29) is 27.8 Å². The normalized spacial score (nSPS) is 11.7. The molecule has 1 aromatic carbocycles. The van der Waals surface area contributed by atoms with Gasteiger partial charge in [-0.05, 0) is 13.0 Å². The van der Waals surface area contributed by atoms with E-state index in [1.54, 1.807) is 0 Å². The fourth-order valence-corrected chi connectivity index (χ4v) is 1.05. The monoisotopic (exact) mass is 201 g/mol. The second-order valence-electron chi connectivity index (χ2n) is 2.51. The van der Waals surface area contributed by atoms with Gasteiger partial charge >= 0.3 is 0 Å². The van der Waals surface area contributed by atoms with Gasteiger partial charge in [-0.2, -0.15) is 0 Å². The van der Waals surface area contributed by atoms with Crippen molar-refractivity contribution in [3.63, 3.8) is 0 Å². The third kappa shape index (κ3) is 1.84. The van der Waals surface area contributed by atoms with Crippen LogP contribution in [0.5, 0.6) is 11.5 Å². The Labute approximate surface area is 79.7 Å². The highest BCUT2D eigenvalue weighted by molar-refractivity contribution is 6.32. The van der Waals surface area contributed by atoms with E-state index in [4.69, 9.17) is 16.8 Å². The third-order valence-electron chi connectivity index (χ3n) is 1.60. The van der Waals surface area contributed by atoms with Gasteiger partial charge in [0, 0.05) is 11.6 Å². The predicted molar refractivity (Wildman–Crippen MR) is 48.8 cm³/mol. The first-order valence-electron chi connectivity index (χ1n) is 3.46. The van der Waals surface area contributed by atoms with E-state index in [0.717, 1.165) is 0 Å². The Kier molecular flexibility index (Phi) is 2.63. The largest absolute Gasteiger partial charge is 0.507 e. The van der Waals surface area contributed by atoms with Crippen molar-refractivity contribution in [1.29, 1.82) is 0 Å². The van der Waals surface area contributed by atoms with Crippen molar-refractivity contribution in [2.24, 2.45) is 5.16 Å². The van der Waals surface area contributed by atoms with Gasteiger partial charge in [-0.15, -0.1) is 0 Å². The Hall–Kier alpha value is -1.42. The van der Waals surface area contributed by atoms with Crippen LogP contribution in [0.15, 0.2) is 17.3 Å². The van der Waals surface area contributed by atoms with E-state index >= 15 is 0 Å². The van der Waals surface area contributed by atoms with Gasteiger partial charge in [0.15, 0.2) is 0 Å². The molecule has 1 aromatic rings. The van der Waals surface area contributed by atoms with E-state index < -0.39 is 0 Å². The zero-order chi connectivity index (χ0) is 10.0. The second kappa shape index (κ2) is 3.53. The van der Waals surface area contributed by atoms with Crippen LogP contribution in [0.3, 0.4) is 0 Å². The molecule has 0 atom stereocenters. The number of nitrogens with zero attached hydrogens (tertiary/aromatic N) is 1. The lowest BCUT2D eigenvalue weighted by Gasteiger charge is -2.04. The molecule has 0 fully saturated rings. The van der Waals surface area contributed by atoms with Crippen molar-refractivity contribution in [1.82, 2.24) is 0 Å². The predicted octanol–water partition coefficient (Wildman–Crippen LogP) is 1.95. The van der Waals surface area contributed by atoms with Crippen molar-refractivity contribution in [2.45, 2.75) is 6.92 Å². The Bertz CT molecular complexity index is 363. The number of phenols is 2. The second-order valence-corrected chi connectivity index (χ2v) is 2.91. The van der Waals surface area contributed by atoms with Crippen LogP contribution in [0.4, 0.5) is 0 Å². The lowest BCUT2D eigenvalue weighted by Crippen LogP contribution is -1.94. The number of halogens is 1. The molecule has 0 saturated carbocycles. The molecule has 0 saturated heterocycles. The third-order valence-corrected chi connectivity index (χ3v) is 1.91. The molecule has 0 heterocycles. The summed E-state index contributed by atoms with van der Waals surface area (Å²) in [5.74, 6) is -0.310. The maximum atomic E-state index is 9.33. The highest BCUT2D eigenvalue weighted by Crippen LogP contribution is 2.31. The first-order valence-corrected chi connectivity index (χ1v) is 3.84. The van der Waals surface area contributed by atoms with Crippen molar-refractivity contribution >= 4 is 17.3 Å². The molecule has 0 aromatic heterocycles. The first kappa shape index (κ1) is 9.67. The zero-order valence-electron chi connectivity index (χ0n) is 6.82. The minimum Gasteiger partial charge on any atom is -0.507 e. The Morgan fingerprint density at radius 3 is 2.46 bits per heavy atom. The average Bonchev–Trinajstić information content (AvgIpc) is 2.10. The van der Waals surface area contributed by atoms with E-state index in [1.807, 2.05) is 0 Å². The fourth-order valence-electron chi connectivity index (χ4n) is 0.895. The summed E-state index contributed by atoms with van der Waals surface area (Å²) in [6.07, 6.45) is 0. The summed E-state index contributed by atoms with van der Waals surface area (Å²) >= 11 is 5.52. The topological polar surface area (TPSA) is 73.1 Å². The Balaban J connectivity index is 3.32. The van der Waals surface area contributed by atoms with Crippen LogP contribution >= 0.6 is 11.6 Å². The molecule has 70 valence electrons. The van der Waals surface area contributed by atoms with E-state index in [1.165, 1.54) is 19.1 Å². The Morgan fingerprint density at radius 2 is 1.92 bits per heavy atom. The molecule has 0 spiro atoms. The van der Waals surface area contributed by atoms with Gasteiger partial charge in [-0.3, -0.25) is 0 Å². The van der Waals surface area contributed by atoms with Gasteiger partial charge in [0.1, 0.15) is 11.5 Å². The van der Waals surface area contributed by atoms with Crippen LogP contribution in [0, 0.1) is 0 Å². The summed E-state index contributed by atoms with van der Waals surface area (Å²) < 4.78 is 0. The van der Waals surface area contributed by atoms with E-state index in [9.17, 15) is 10.2 Å². The van der Waals surface area contributed by atoms with E-state index in [2.05, 4.69) is 5.16 Å². The number of oxime groups is 1. The van der Waals surface area contributed by atoms with Gasteiger partial charge in [-0.25, -0.2) is 0 Å². The van der Waals surface area contributed by atoms with Gasteiger partial charge in [0.25, 0.3) is 0 Å². The van der Waals surface area contributed by atoms with Crippen LogP contribution in [0.25, 0.3) is 0 Å². The van der Waals surface area contributed by atoms with Gasteiger partial charge in [0.2, 0.25) is 0 Å². The standard InChI is InChI=1S/C8H8ClNO3/c1-4(10-13)5-2-8(12)6(9)3-7(5)11/h2-3,11-13H,1H3/b10-4+. The first-order chi connectivity index (χ1) is 6.06. The van der Waals surface area contributed by atoms with Gasteiger partial charge in [0.05, 0.1) is 10.7 Å². The highest BCUT2D eigenvalue weighted by atomic mass is 35.5. The molecule has 13 heavy (non-hydrogen) atoms. The molecule has 3 N–H and O–H groups in total. The number of rotatable bonds is 1. The van der Waals surface area contributed by atoms with Crippen molar-refractivity contribution in [2.75, 3.05) is 0 Å².